The summed E-state index contributed by atoms with van der Waals surface area (Å²) in [6.45, 7) is 7.26. The van der Waals surface area contributed by atoms with Gasteiger partial charge in [-0.15, -0.1) is 0 Å². The number of rotatable bonds is 8. The molecule has 0 rings (SSSR count). The molecule has 1 atom stereocenters. The Bertz CT molecular complexity index is 283. The average Bonchev–Trinajstić information content (AvgIpc) is 1.97. The molecular formula is C9H22O5SSi. The predicted molar refractivity (Wildman–Crippen MR) is 66.0 cm³/mol. The van der Waals surface area contributed by atoms with Crippen LogP contribution >= 0.6 is 0 Å². The fourth-order valence-electron chi connectivity index (χ4n) is 1.22. The average molecular weight is 270 g/mol. The van der Waals surface area contributed by atoms with E-state index >= 15 is 0 Å². The molecule has 0 saturated carbocycles. The molecule has 0 saturated heterocycles. The van der Waals surface area contributed by atoms with Gasteiger partial charge in [-0.3, -0.25) is 4.55 Å². The van der Waals surface area contributed by atoms with Gasteiger partial charge in [0, 0.05) is 14.7 Å². The van der Waals surface area contributed by atoms with E-state index in [1.54, 1.807) is 0 Å². The maximum atomic E-state index is 10.4. The Balaban J connectivity index is 3.53. The lowest BCUT2D eigenvalue weighted by Crippen LogP contribution is -2.26. The molecule has 0 aliphatic rings. The van der Waals surface area contributed by atoms with Crippen molar-refractivity contribution < 1.29 is 22.8 Å². The third-order valence-corrected chi connectivity index (χ3v) is 4.59. The summed E-state index contributed by atoms with van der Waals surface area (Å²) in [5, 5.41) is 9.19. The second kappa shape index (κ2) is 6.70. The molecule has 0 aliphatic heterocycles. The third-order valence-electron chi connectivity index (χ3n) is 1.93. The maximum Gasteiger partial charge on any atom is 0.267 e. The highest BCUT2D eigenvalue weighted by atomic mass is 32.2. The standard InChI is InChI=1S/C9H22O5SSi/c1-16(2,3)6-4-5-14-7-9(10)8-15(11,12)13/h9-10H,4-8H2,1-3H3,(H,11,12,13). The summed E-state index contributed by atoms with van der Waals surface area (Å²) in [5.41, 5.74) is 0. The zero-order valence-electron chi connectivity index (χ0n) is 10.1. The second-order valence-corrected chi connectivity index (χ2v) is 12.3. The second-order valence-electron chi connectivity index (χ2n) is 5.14. The first-order valence-electron chi connectivity index (χ1n) is 5.31. The van der Waals surface area contributed by atoms with Crippen LogP contribution < -0.4 is 0 Å². The van der Waals surface area contributed by atoms with Gasteiger partial charge < -0.3 is 9.84 Å². The summed E-state index contributed by atoms with van der Waals surface area (Å²) in [6.07, 6.45) is -0.226. The summed E-state index contributed by atoms with van der Waals surface area (Å²) in [4.78, 5) is 0. The van der Waals surface area contributed by atoms with Gasteiger partial charge in [0.2, 0.25) is 0 Å². The molecule has 7 heteroatoms. The van der Waals surface area contributed by atoms with Crippen LogP contribution in [0.4, 0.5) is 0 Å². The van der Waals surface area contributed by atoms with E-state index in [0.717, 1.165) is 12.5 Å². The normalized spacial score (nSPS) is 15.1. The van der Waals surface area contributed by atoms with Crippen molar-refractivity contribution in [1.82, 2.24) is 0 Å². The molecular weight excluding hydrogens is 248 g/mol. The van der Waals surface area contributed by atoms with Crippen LogP contribution in [0.2, 0.25) is 25.7 Å². The smallest absolute Gasteiger partial charge is 0.267 e. The number of ether oxygens (including phenoxy) is 1. The Labute approximate surface area is 98.6 Å². The van der Waals surface area contributed by atoms with Gasteiger partial charge in [-0.1, -0.05) is 25.7 Å². The first kappa shape index (κ1) is 16.0. The fraction of sp³-hybridized carbons (Fsp3) is 1.00. The van der Waals surface area contributed by atoms with Crippen molar-refractivity contribution in [2.24, 2.45) is 0 Å². The van der Waals surface area contributed by atoms with E-state index in [1.807, 2.05) is 0 Å². The molecule has 0 spiro atoms. The van der Waals surface area contributed by atoms with Crippen LogP contribution in [-0.4, -0.2) is 51.2 Å². The van der Waals surface area contributed by atoms with Crippen LogP contribution in [0.15, 0.2) is 0 Å². The Morgan fingerprint density at radius 2 is 1.88 bits per heavy atom. The van der Waals surface area contributed by atoms with Crippen molar-refractivity contribution in [2.45, 2.75) is 38.2 Å². The number of aliphatic hydroxyl groups is 1. The molecule has 1 unspecified atom stereocenters. The van der Waals surface area contributed by atoms with Crippen molar-refractivity contribution in [1.29, 1.82) is 0 Å². The van der Waals surface area contributed by atoms with E-state index in [9.17, 15) is 13.5 Å². The topological polar surface area (TPSA) is 83.8 Å². The van der Waals surface area contributed by atoms with Crippen LogP contribution in [0.5, 0.6) is 0 Å². The van der Waals surface area contributed by atoms with Crippen LogP contribution in [0.3, 0.4) is 0 Å². The van der Waals surface area contributed by atoms with Crippen molar-refractivity contribution in [3.8, 4) is 0 Å². The van der Waals surface area contributed by atoms with E-state index in [1.165, 1.54) is 0 Å². The molecule has 0 aliphatic carbocycles. The lowest BCUT2D eigenvalue weighted by atomic mass is 10.4. The number of aliphatic hydroxyl groups excluding tert-OH is 1. The van der Waals surface area contributed by atoms with Gasteiger partial charge in [0.1, 0.15) is 5.75 Å². The summed E-state index contributed by atoms with van der Waals surface area (Å²) >= 11 is 0. The molecule has 98 valence electrons. The zero-order chi connectivity index (χ0) is 12.8. The minimum atomic E-state index is -4.11. The van der Waals surface area contributed by atoms with Crippen molar-refractivity contribution in [3.05, 3.63) is 0 Å². The maximum absolute atomic E-state index is 10.4. The van der Waals surface area contributed by atoms with E-state index in [4.69, 9.17) is 9.29 Å². The van der Waals surface area contributed by atoms with Gasteiger partial charge in [0.15, 0.2) is 0 Å². The van der Waals surface area contributed by atoms with Gasteiger partial charge >= 0.3 is 0 Å². The summed E-state index contributed by atoms with van der Waals surface area (Å²) in [5.74, 6) is -0.666. The Morgan fingerprint density at radius 3 is 2.31 bits per heavy atom. The first-order chi connectivity index (χ1) is 7.10. The highest BCUT2D eigenvalue weighted by Gasteiger charge is 2.15. The summed E-state index contributed by atoms with van der Waals surface area (Å²) < 4.78 is 34.4. The van der Waals surface area contributed by atoms with Gasteiger partial charge in [-0.25, -0.2) is 0 Å². The van der Waals surface area contributed by atoms with E-state index in [2.05, 4.69) is 19.6 Å². The van der Waals surface area contributed by atoms with Gasteiger partial charge in [0.25, 0.3) is 10.1 Å². The molecule has 0 fully saturated rings. The molecule has 0 bridgehead atoms. The van der Waals surface area contributed by atoms with Crippen molar-refractivity contribution >= 4 is 18.2 Å². The minimum absolute atomic E-state index is 0.0501. The Morgan fingerprint density at radius 1 is 1.31 bits per heavy atom. The fourth-order valence-corrected chi connectivity index (χ4v) is 3.00. The molecule has 5 nitrogen and oxygen atoms in total. The van der Waals surface area contributed by atoms with E-state index in [0.29, 0.717) is 6.61 Å². The summed E-state index contributed by atoms with van der Waals surface area (Å²) in [7, 11) is -5.16. The first-order valence-corrected chi connectivity index (χ1v) is 10.6. The third kappa shape index (κ3) is 12.1. The SMILES string of the molecule is C[Si](C)(C)CCCOCC(O)CS(=O)(=O)O. The predicted octanol–water partition coefficient (Wildman–Crippen LogP) is 0.980. The zero-order valence-corrected chi connectivity index (χ0v) is 12.0. The van der Waals surface area contributed by atoms with Gasteiger partial charge in [-0.05, 0) is 6.42 Å². The molecule has 0 amide bonds. The van der Waals surface area contributed by atoms with Crippen LogP contribution in [-0.2, 0) is 14.9 Å². The lowest BCUT2D eigenvalue weighted by Gasteiger charge is -2.15. The number of hydrogen-bond acceptors (Lipinski definition) is 4. The quantitative estimate of drug-likeness (QED) is 0.390. The molecule has 16 heavy (non-hydrogen) atoms. The van der Waals surface area contributed by atoms with Gasteiger partial charge in [0.05, 0.1) is 12.7 Å². The molecule has 0 radical (unpaired) electrons. The molecule has 2 N–H and O–H groups in total. The number of hydrogen-bond donors (Lipinski definition) is 2. The van der Waals surface area contributed by atoms with Crippen molar-refractivity contribution in [3.63, 3.8) is 0 Å². The minimum Gasteiger partial charge on any atom is -0.390 e. The molecule has 0 aromatic heterocycles. The van der Waals surface area contributed by atoms with Gasteiger partial charge in [-0.2, -0.15) is 8.42 Å². The van der Waals surface area contributed by atoms with E-state index < -0.39 is 30.0 Å². The molecule has 0 heterocycles. The molecule has 0 aromatic rings. The van der Waals surface area contributed by atoms with Crippen molar-refractivity contribution in [2.75, 3.05) is 19.0 Å². The van der Waals surface area contributed by atoms with Crippen LogP contribution in [0.1, 0.15) is 6.42 Å². The highest BCUT2D eigenvalue weighted by Crippen LogP contribution is 2.10. The monoisotopic (exact) mass is 270 g/mol. The van der Waals surface area contributed by atoms with Crippen LogP contribution in [0, 0.1) is 0 Å². The Kier molecular flexibility index (Phi) is 6.72. The highest BCUT2D eigenvalue weighted by molar-refractivity contribution is 7.85. The van der Waals surface area contributed by atoms with E-state index in [-0.39, 0.29) is 6.61 Å². The molecule has 0 aromatic carbocycles. The Hall–Kier alpha value is 0.0469. The largest absolute Gasteiger partial charge is 0.390 e. The summed E-state index contributed by atoms with van der Waals surface area (Å²) in [6, 6.07) is 1.14. The lowest BCUT2D eigenvalue weighted by molar-refractivity contribution is 0.0474. The van der Waals surface area contributed by atoms with Crippen LogP contribution in [0.25, 0.3) is 0 Å².